The van der Waals surface area contributed by atoms with Gasteiger partial charge in [0.15, 0.2) is 0 Å². The van der Waals surface area contributed by atoms with Gasteiger partial charge < -0.3 is 21.4 Å². The molecule has 5 N–H and O–H groups in total. The van der Waals surface area contributed by atoms with Crippen LogP contribution in [0.25, 0.3) is 10.9 Å². The zero-order chi connectivity index (χ0) is 15.7. The van der Waals surface area contributed by atoms with Crippen molar-refractivity contribution in [3.8, 4) is 0 Å². The molecule has 1 aliphatic rings. The number of rotatable bonds is 4. The van der Waals surface area contributed by atoms with Crippen molar-refractivity contribution in [2.75, 3.05) is 0 Å². The first-order valence-corrected chi connectivity index (χ1v) is 6.98. The molecule has 114 valence electrons. The lowest BCUT2D eigenvalue weighted by Gasteiger charge is -2.28. The molecule has 0 aliphatic carbocycles. The van der Waals surface area contributed by atoms with Crippen LogP contribution in [-0.4, -0.2) is 34.8 Å². The first-order chi connectivity index (χ1) is 10.5. The molecule has 1 aromatic heterocycles. The zero-order valence-corrected chi connectivity index (χ0v) is 11.8. The van der Waals surface area contributed by atoms with E-state index in [2.05, 4.69) is 15.6 Å². The molecule has 1 aromatic carbocycles. The van der Waals surface area contributed by atoms with Crippen molar-refractivity contribution in [3.05, 3.63) is 36.0 Å². The van der Waals surface area contributed by atoms with E-state index in [1.54, 1.807) is 0 Å². The number of H-pyrrole nitrogens is 1. The molecule has 2 aromatic rings. The Hall–Kier alpha value is -2.83. The largest absolute Gasteiger partial charge is 0.370 e. The number of nitrogens with one attached hydrogen (secondary N) is 3. The maximum absolute atomic E-state index is 12.1. The molecule has 2 heterocycles. The van der Waals surface area contributed by atoms with Gasteiger partial charge in [0.25, 0.3) is 0 Å². The average Bonchev–Trinajstić information content (AvgIpc) is 2.87. The van der Waals surface area contributed by atoms with Gasteiger partial charge in [-0.25, -0.2) is 0 Å². The molecule has 1 fully saturated rings. The van der Waals surface area contributed by atoms with Gasteiger partial charge in [-0.3, -0.25) is 14.4 Å². The molecule has 0 unspecified atom stereocenters. The SMILES string of the molecule is NC(=O)C[C@@H]1NC(=O)[C@H](Cc2c[nH]c3ccccc23)NC1=O. The lowest BCUT2D eigenvalue weighted by molar-refractivity contribution is -0.138. The van der Waals surface area contributed by atoms with Gasteiger partial charge in [-0.1, -0.05) is 18.2 Å². The first-order valence-electron chi connectivity index (χ1n) is 6.98. The number of nitrogens with two attached hydrogens (primary N) is 1. The lowest BCUT2D eigenvalue weighted by atomic mass is 10.0. The van der Waals surface area contributed by atoms with Crippen molar-refractivity contribution < 1.29 is 14.4 Å². The van der Waals surface area contributed by atoms with Crippen molar-refractivity contribution in [1.29, 1.82) is 0 Å². The van der Waals surface area contributed by atoms with Gasteiger partial charge >= 0.3 is 0 Å². The molecule has 22 heavy (non-hydrogen) atoms. The molecule has 0 saturated carbocycles. The standard InChI is InChI=1S/C15H16N4O3/c16-13(20)6-12-15(22)18-11(14(21)19-12)5-8-7-17-10-4-2-1-3-9(8)10/h1-4,7,11-12,17H,5-6H2,(H2,16,20)(H,18,22)(H,19,21)/t11-,12-/m0/s1. The summed E-state index contributed by atoms with van der Waals surface area (Å²) in [7, 11) is 0. The highest BCUT2D eigenvalue weighted by molar-refractivity contribution is 5.99. The number of amides is 3. The van der Waals surface area contributed by atoms with Crippen molar-refractivity contribution in [3.63, 3.8) is 0 Å². The molecule has 0 bridgehead atoms. The van der Waals surface area contributed by atoms with Gasteiger partial charge in [-0.05, 0) is 11.6 Å². The summed E-state index contributed by atoms with van der Waals surface area (Å²) in [6.45, 7) is 0. The van der Waals surface area contributed by atoms with Gasteiger partial charge in [0.1, 0.15) is 12.1 Å². The fourth-order valence-electron chi connectivity index (χ4n) is 2.68. The lowest BCUT2D eigenvalue weighted by Crippen LogP contribution is -2.62. The number of carbonyl (C=O) groups excluding carboxylic acids is 3. The van der Waals surface area contributed by atoms with Crippen molar-refractivity contribution >= 4 is 28.6 Å². The predicted molar refractivity (Wildman–Crippen MR) is 79.7 cm³/mol. The Labute approximate surface area is 126 Å². The van der Waals surface area contributed by atoms with Crippen LogP contribution in [0.15, 0.2) is 30.5 Å². The molecule has 3 rings (SSSR count). The number of piperazine rings is 1. The molecule has 7 nitrogen and oxygen atoms in total. The number of para-hydroxylation sites is 1. The summed E-state index contributed by atoms with van der Waals surface area (Å²) in [5.74, 6) is -1.32. The smallest absolute Gasteiger partial charge is 0.243 e. The molecule has 3 amide bonds. The second-order valence-electron chi connectivity index (χ2n) is 5.36. The molecule has 0 spiro atoms. The second-order valence-corrected chi connectivity index (χ2v) is 5.36. The van der Waals surface area contributed by atoms with Crippen molar-refractivity contribution in [2.24, 2.45) is 5.73 Å². The highest BCUT2D eigenvalue weighted by Gasteiger charge is 2.34. The van der Waals surface area contributed by atoms with E-state index >= 15 is 0 Å². The van der Waals surface area contributed by atoms with Gasteiger partial charge in [-0.2, -0.15) is 0 Å². The maximum atomic E-state index is 12.1. The summed E-state index contributed by atoms with van der Waals surface area (Å²) < 4.78 is 0. The van der Waals surface area contributed by atoms with Crippen LogP contribution in [0.4, 0.5) is 0 Å². The fraction of sp³-hybridized carbons (Fsp3) is 0.267. The van der Waals surface area contributed by atoms with E-state index in [1.165, 1.54) is 0 Å². The topological polar surface area (TPSA) is 117 Å². The van der Waals surface area contributed by atoms with Crippen molar-refractivity contribution in [2.45, 2.75) is 24.9 Å². The molecular weight excluding hydrogens is 284 g/mol. The highest BCUT2D eigenvalue weighted by Crippen LogP contribution is 2.19. The summed E-state index contributed by atoms with van der Waals surface area (Å²) in [5, 5.41) is 6.22. The minimum atomic E-state index is -0.885. The van der Waals surface area contributed by atoms with Crippen LogP contribution in [0.5, 0.6) is 0 Å². The second kappa shape index (κ2) is 5.51. The van der Waals surface area contributed by atoms with Crippen LogP contribution in [0.3, 0.4) is 0 Å². The zero-order valence-electron chi connectivity index (χ0n) is 11.8. The van der Waals surface area contributed by atoms with Crippen molar-refractivity contribution in [1.82, 2.24) is 15.6 Å². The molecule has 7 heteroatoms. The molecule has 1 aliphatic heterocycles. The van der Waals surface area contributed by atoms with Crippen LogP contribution in [0, 0.1) is 0 Å². The molecule has 1 saturated heterocycles. The average molecular weight is 300 g/mol. The van der Waals surface area contributed by atoms with Crippen LogP contribution in [-0.2, 0) is 20.8 Å². The van der Waals surface area contributed by atoms with Crippen LogP contribution in [0.2, 0.25) is 0 Å². The fourth-order valence-corrected chi connectivity index (χ4v) is 2.68. The van der Waals surface area contributed by atoms with E-state index < -0.39 is 18.0 Å². The number of carbonyl (C=O) groups is 3. The minimum Gasteiger partial charge on any atom is -0.370 e. The van der Waals surface area contributed by atoms with E-state index in [9.17, 15) is 14.4 Å². The molecular formula is C15H16N4O3. The van der Waals surface area contributed by atoms with Gasteiger partial charge in [0.2, 0.25) is 17.7 Å². The number of aromatic amines is 1. The summed E-state index contributed by atoms with van der Waals surface area (Å²) in [5.41, 5.74) is 6.99. The number of hydrogen-bond acceptors (Lipinski definition) is 3. The Morgan fingerprint density at radius 2 is 1.77 bits per heavy atom. The Morgan fingerprint density at radius 1 is 1.09 bits per heavy atom. The third-order valence-electron chi connectivity index (χ3n) is 3.77. The number of aromatic nitrogens is 1. The van der Waals surface area contributed by atoms with E-state index in [-0.39, 0.29) is 18.2 Å². The summed E-state index contributed by atoms with van der Waals surface area (Å²) in [6.07, 6.45) is 2.02. The van der Waals surface area contributed by atoms with Gasteiger partial charge in [0, 0.05) is 23.5 Å². The highest BCUT2D eigenvalue weighted by atomic mass is 16.2. The Balaban J connectivity index is 1.75. The number of benzene rings is 1. The Morgan fingerprint density at radius 3 is 2.55 bits per heavy atom. The third-order valence-corrected chi connectivity index (χ3v) is 3.77. The summed E-state index contributed by atoms with van der Waals surface area (Å²) in [4.78, 5) is 38.1. The van der Waals surface area contributed by atoms with Gasteiger partial charge in [0.05, 0.1) is 6.42 Å². The predicted octanol–water partition coefficient (Wildman–Crippen LogP) is -0.431. The molecule has 2 atom stereocenters. The quantitative estimate of drug-likeness (QED) is 0.613. The number of hydrogen-bond donors (Lipinski definition) is 4. The van der Waals surface area contributed by atoms with Crippen LogP contribution < -0.4 is 16.4 Å². The van der Waals surface area contributed by atoms with Gasteiger partial charge in [-0.15, -0.1) is 0 Å². The minimum absolute atomic E-state index is 0.197. The summed E-state index contributed by atoms with van der Waals surface area (Å²) >= 11 is 0. The Kier molecular flexibility index (Phi) is 3.54. The molecule has 0 radical (unpaired) electrons. The van der Waals surface area contributed by atoms with E-state index in [0.29, 0.717) is 6.42 Å². The first kappa shape index (κ1) is 14.1. The number of fused-ring (bicyclic) bond motifs is 1. The summed E-state index contributed by atoms with van der Waals surface area (Å²) in [6, 6.07) is 6.20. The van der Waals surface area contributed by atoms with Crippen LogP contribution in [0.1, 0.15) is 12.0 Å². The van der Waals surface area contributed by atoms with Crippen LogP contribution >= 0.6 is 0 Å². The monoisotopic (exact) mass is 300 g/mol. The van der Waals surface area contributed by atoms with E-state index in [1.807, 2.05) is 30.5 Å². The van der Waals surface area contributed by atoms with E-state index in [4.69, 9.17) is 5.73 Å². The number of primary amides is 1. The third kappa shape index (κ3) is 2.65. The normalized spacial score (nSPS) is 21.5. The Bertz CT molecular complexity index is 752. The maximum Gasteiger partial charge on any atom is 0.243 e. The van der Waals surface area contributed by atoms with E-state index in [0.717, 1.165) is 16.5 Å².